The summed E-state index contributed by atoms with van der Waals surface area (Å²) >= 11 is 0. The molecule has 114 valence electrons. The first-order valence-corrected chi connectivity index (χ1v) is 7.07. The Kier molecular flexibility index (Phi) is 3.83. The lowest BCUT2D eigenvalue weighted by Crippen LogP contribution is -2.00. The molecule has 3 nitrogen and oxygen atoms in total. The van der Waals surface area contributed by atoms with Gasteiger partial charge in [-0.3, -0.25) is 4.68 Å². The van der Waals surface area contributed by atoms with Gasteiger partial charge in [-0.2, -0.15) is 4.39 Å². The van der Waals surface area contributed by atoms with Crippen molar-refractivity contribution in [3.05, 3.63) is 48.0 Å². The van der Waals surface area contributed by atoms with Gasteiger partial charge in [0.25, 0.3) is 5.95 Å². The van der Waals surface area contributed by atoms with Gasteiger partial charge in [0.1, 0.15) is 5.52 Å². The van der Waals surface area contributed by atoms with E-state index in [2.05, 4.69) is 10.1 Å². The fourth-order valence-corrected chi connectivity index (χ4v) is 2.33. The lowest BCUT2D eigenvalue weighted by atomic mass is 10.1. The van der Waals surface area contributed by atoms with E-state index in [9.17, 15) is 13.2 Å². The van der Waals surface area contributed by atoms with Crippen molar-refractivity contribution in [2.45, 2.75) is 26.3 Å². The molecule has 0 fully saturated rings. The van der Waals surface area contributed by atoms with Gasteiger partial charge in [-0.25, -0.2) is 13.8 Å². The standard InChI is InChI=1S/C16H14F3N3/c1-2-3-6-22-14-8-11(9-20-15(14)16(19)21-22)10-4-5-12(17)13(18)7-10/h4-5,7-9H,2-3,6H2,1H3. The van der Waals surface area contributed by atoms with Crippen LogP contribution in [0, 0.1) is 17.6 Å². The van der Waals surface area contributed by atoms with E-state index in [0.717, 1.165) is 25.0 Å². The third-order valence-corrected chi connectivity index (χ3v) is 3.53. The Morgan fingerprint density at radius 2 is 1.86 bits per heavy atom. The van der Waals surface area contributed by atoms with Gasteiger partial charge in [0.2, 0.25) is 0 Å². The first kappa shape index (κ1) is 14.6. The molecular formula is C16H14F3N3. The number of hydrogen-bond donors (Lipinski definition) is 0. The highest BCUT2D eigenvalue weighted by atomic mass is 19.2. The number of pyridine rings is 1. The molecule has 3 aromatic rings. The van der Waals surface area contributed by atoms with Gasteiger partial charge in [0, 0.05) is 18.3 Å². The highest BCUT2D eigenvalue weighted by Crippen LogP contribution is 2.25. The van der Waals surface area contributed by atoms with Crippen LogP contribution in [0.2, 0.25) is 0 Å². The van der Waals surface area contributed by atoms with Crippen LogP contribution in [0.4, 0.5) is 13.2 Å². The van der Waals surface area contributed by atoms with Gasteiger partial charge in [-0.1, -0.05) is 19.4 Å². The number of unbranched alkanes of at least 4 members (excludes halogenated alkanes) is 1. The van der Waals surface area contributed by atoms with Crippen LogP contribution in [0.5, 0.6) is 0 Å². The number of aromatic nitrogens is 3. The Balaban J connectivity index is 2.09. The van der Waals surface area contributed by atoms with Gasteiger partial charge < -0.3 is 0 Å². The highest BCUT2D eigenvalue weighted by molar-refractivity contribution is 5.80. The molecule has 0 aliphatic heterocycles. The summed E-state index contributed by atoms with van der Waals surface area (Å²) in [4.78, 5) is 4.06. The molecule has 2 heterocycles. The van der Waals surface area contributed by atoms with Crippen LogP contribution in [-0.2, 0) is 6.54 Å². The summed E-state index contributed by atoms with van der Waals surface area (Å²) in [7, 11) is 0. The normalized spacial score (nSPS) is 11.3. The molecule has 0 aliphatic carbocycles. The summed E-state index contributed by atoms with van der Waals surface area (Å²) in [6.45, 7) is 2.62. The van der Waals surface area contributed by atoms with Gasteiger partial charge in [-0.05, 0) is 30.2 Å². The molecule has 3 rings (SSSR count). The maximum atomic E-state index is 13.8. The number of benzene rings is 1. The Hall–Kier alpha value is -2.37. The molecule has 0 unspecified atom stereocenters. The summed E-state index contributed by atoms with van der Waals surface area (Å²) in [5.41, 5.74) is 1.80. The zero-order valence-electron chi connectivity index (χ0n) is 12.0. The Morgan fingerprint density at radius 3 is 2.59 bits per heavy atom. The van der Waals surface area contributed by atoms with Crippen LogP contribution in [-0.4, -0.2) is 14.8 Å². The molecule has 0 aliphatic rings. The second kappa shape index (κ2) is 5.79. The average Bonchev–Trinajstić information content (AvgIpc) is 2.84. The SMILES string of the molecule is CCCCn1nc(F)c2ncc(-c3ccc(F)c(F)c3)cc21. The molecule has 0 saturated carbocycles. The molecule has 2 aromatic heterocycles. The highest BCUT2D eigenvalue weighted by Gasteiger charge is 2.13. The topological polar surface area (TPSA) is 30.7 Å². The quantitative estimate of drug-likeness (QED) is 0.719. The van der Waals surface area contributed by atoms with Crippen LogP contribution >= 0.6 is 0 Å². The van der Waals surface area contributed by atoms with Crippen LogP contribution < -0.4 is 0 Å². The number of hydrogen-bond acceptors (Lipinski definition) is 2. The van der Waals surface area contributed by atoms with Crippen molar-refractivity contribution < 1.29 is 13.2 Å². The van der Waals surface area contributed by atoms with E-state index in [0.29, 0.717) is 23.2 Å². The molecule has 0 amide bonds. The predicted octanol–water partition coefficient (Wildman–Crippen LogP) is 4.32. The van der Waals surface area contributed by atoms with E-state index in [1.165, 1.54) is 12.3 Å². The maximum absolute atomic E-state index is 13.8. The van der Waals surface area contributed by atoms with E-state index in [4.69, 9.17) is 0 Å². The van der Waals surface area contributed by atoms with Crippen molar-refractivity contribution in [1.82, 2.24) is 14.8 Å². The first-order valence-electron chi connectivity index (χ1n) is 7.07. The summed E-state index contributed by atoms with van der Waals surface area (Å²) in [5, 5.41) is 3.85. The molecular weight excluding hydrogens is 291 g/mol. The Bertz CT molecular complexity index is 827. The zero-order chi connectivity index (χ0) is 15.7. The van der Waals surface area contributed by atoms with Crippen LogP contribution in [0.1, 0.15) is 19.8 Å². The molecule has 0 radical (unpaired) electrons. The number of aryl methyl sites for hydroxylation is 1. The molecule has 0 spiro atoms. The van der Waals surface area contributed by atoms with Gasteiger partial charge in [-0.15, -0.1) is 5.10 Å². The largest absolute Gasteiger partial charge is 0.260 e. The van der Waals surface area contributed by atoms with Crippen molar-refractivity contribution in [3.63, 3.8) is 0 Å². The third-order valence-electron chi connectivity index (χ3n) is 3.53. The lowest BCUT2D eigenvalue weighted by Gasteiger charge is -2.05. The van der Waals surface area contributed by atoms with E-state index in [-0.39, 0.29) is 5.52 Å². The van der Waals surface area contributed by atoms with Crippen molar-refractivity contribution in [1.29, 1.82) is 0 Å². The van der Waals surface area contributed by atoms with Crippen LogP contribution in [0.25, 0.3) is 22.2 Å². The molecule has 0 bridgehead atoms. The van der Waals surface area contributed by atoms with E-state index in [1.54, 1.807) is 10.7 Å². The third kappa shape index (κ3) is 2.56. The smallest absolute Gasteiger partial charge is 0.258 e. The van der Waals surface area contributed by atoms with Crippen LogP contribution in [0.15, 0.2) is 30.5 Å². The van der Waals surface area contributed by atoms with Crippen molar-refractivity contribution in [2.75, 3.05) is 0 Å². The van der Waals surface area contributed by atoms with Gasteiger partial charge >= 0.3 is 0 Å². The molecule has 0 atom stereocenters. The van der Waals surface area contributed by atoms with E-state index in [1.807, 2.05) is 6.92 Å². The summed E-state index contributed by atoms with van der Waals surface area (Å²) in [5.74, 6) is -2.46. The number of nitrogens with zero attached hydrogens (tertiary/aromatic N) is 3. The lowest BCUT2D eigenvalue weighted by molar-refractivity contribution is 0.509. The Labute approximate surface area is 125 Å². The summed E-state index contributed by atoms with van der Waals surface area (Å²) < 4.78 is 41.7. The minimum absolute atomic E-state index is 0.183. The maximum Gasteiger partial charge on any atom is 0.258 e. The number of rotatable bonds is 4. The second-order valence-electron chi connectivity index (χ2n) is 5.09. The number of fused-ring (bicyclic) bond motifs is 1. The fraction of sp³-hybridized carbons (Fsp3) is 0.250. The molecule has 6 heteroatoms. The molecule has 0 saturated heterocycles. The van der Waals surface area contributed by atoms with E-state index >= 15 is 0 Å². The van der Waals surface area contributed by atoms with Crippen molar-refractivity contribution >= 4 is 11.0 Å². The number of halogens is 3. The van der Waals surface area contributed by atoms with Crippen LogP contribution in [0.3, 0.4) is 0 Å². The second-order valence-corrected chi connectivity index (χ2v) is 5.09. The fourth-order valence-electron chi connectivity index (χ4n) is 2.33. The van der Waals surface area contributed by atoms with Crippen molar-refractivity contribution in [2.24, 2.45) is 0 Å². The van der Waals surface area contributed by atoms with Crippen molar-refractivity contribution in [3.8, 4) is 11.1 Å². The van der Waals surface area contributed by atoms with E-state index < -0.39 is 17.6 Å². The average molecular weight is 305 g/mol. The molecule has 1 aromatic carbocycles. The monoisotopic (exact) mass is 305 g/mol. The minimum Gasteiger partial charge on any atom is -0.260 e. The minimum atomic E-state index is -0.928. The molecule has 0 N–H and O–H groups in total. The predicted molar refractivity (Wildman–Crippen MR) is 77.7 cm³/mol. The van der Waals surface area contributed by atoms with Gasteiger partial charge in [0.15, 0.2) is 11.6 Å². The zero-order valence-corrected chi connectivity index (χ0v) is 12.0. The molecule has 22 heavy (non-hydrogen) atoms. The summed E-state index contributed by atoms with van der Waals surface area (Å²) in [6, 6.07) is 5.32. The Morgan fingerprint density at radius 1 is 1.05 bits per heavy atom. The summed E-state index contributed by atoms with van der Waals surface area (Å²) in [6.07, 6.45) is 3.26. The van der Waals surface area contributed by atoms with Gasteiger partial charge in [0.05, 0.1) is 5.52 Å². The first-order chi connectivity index (χ1) is 10.6.